The summed E-state index contributed by atoms with van der Waals surface area (Å²) in [5.74, 6) is 0. The van der Waals surface area contributed by atoms with E-state index < -0.39 is 0 Å². The zero-order chi connectivity index (χ0) is 12.8. The Bertz CT molecular complexity index is 377. The van der Waals surface area contributed by atoms with Gasteiger partial charge in [0.05, 0.1) is 25.3 Å². The van der Waals surface area contributed by atoms with Gasteiger partial charge in [-0.25, -0.2) is 4.79 Å². The van der Waals surface area contributed by atoms with Crippen molar-refractivity contribution in [3.8, 4) is 0 Å². The second-order valence-electron chi connectivity index (χ2n) is 4.32. The van der Waals surface area contributed by atoms with Gasteiger partial charge in [-0.05, 0) is 12.0 Å². The summed E-state index contributed by atoms with van der Waals surface area (Å²) in [6.07, 6.45) is 0.836. The zero-order valence-corrected chi connectivity index (χ0v) is 10.1. The molecule has 1 aliphatic rings. The molecule has 2 rings (SSSR count). The molecule has 5 nitrogen and oxygen atoms in total. The maximum atomic E-state index is 11.8. The Labute approximate surface area is 106 Å². The fourth-order valence-corrected chi connectivity index (χ4v) is 1.95. The summed E-state index contributed by atoms with van der Waals surface area (Å²) in [5, 5.41) is 14.9. The molecule has 1 aromatic carbocycles. The number of carbonyl (C=O) groups is 1. The van der Waals surface area contributed by atoms with E-state index in [0.717, 1.165) is 12.0 Å². The highest BCUT2D eigenvalue weighted by atomic mass is 16.5. The van der Waals surface area contributed by atoms with Crippen LogP contribution in [-0.2, 0) is 4.74 Å². The van der Waals surface area contributed by atoms with Crippen LogP contribution < -0.4 is 10.6 Å². The highest BCUT2D eigenvalue weighted by Crippen LogP contribution is 2.11. The Morgan fingerprint density at radius 3 is 2.83 bits per heavy atom. The highest BCUT2D eigenvalue weighted by Gasteiger charge is 2.19. The van der Waals surface area contributed by atoms with Gasteiger partial charge in [0.15, 0.2) is 0 Å². The van der Waals surface area contributed by atoms with Gasteiger partial charge in [-0.2, -0.15) is 0 Å². The number of rotatable bonds is 4. The van der Waals surface area contributed by atoms with Gasteiger partial charge < -0.3 is 20.5 Å². The standard InChI is InChI=1S/C13H18N2O3/c16-8-12(10-4-2-1-3-5-10)15-13(17)14-11-6-7-18-9-11/h1-5,11-12,16H,6-9H2,(H2,14,15,17)/t11?,12-/m1/s1. The maximum absolute atomic E-state index is 11.8. The Kier molecular flexibility index (Phi) is 4.55. The molecule has 0 saturated carbocycles. The van der Waals surface area contributed by atoms with E-state index in [-0.39, 0.29) is 24.7 Å². The molecule has 0 bridgehead atoms. The normalized spacial score (nSPS) is 20.4. The van der Waals surface area contributed by atoms with Crippen molar-refractivity contribution in [2.45, 2.75) is 18.5 Å². The number of aliphatic hydroxyl groups is 1. The van der Waals surface area contributed by atoms with Crippen molar-refractivity contribution in [3.05, 3.63) is 35.9 Å². The van der Waals surface area contributed by atoms with Gasteiger partial charge in [0.2, 0.25) is 0 Å². The number of amides is 2. The van der Waals surface area contributed by atoms with E-state index in [0.29, 0.717) is 13.2 Å². The predicted octanol–water partition coefficient (Wildman–Crippen LogP) is 0.808. The third-order valence-corrected chi connectivity index (χ3v) is 2.95. The van der Waals surface area contributed by atoms with Crippen LogP contribution in [0.3, 0.4) is 0 Å². The molecule has 1 aliphatic heterocycles. The Hall–Kier alpha value is -1.59. The molecular weight excluding hydrogens is 232 g/mol. The van der Waals surface area contributed by atoms with Crippen molar-refractivity contribution in [3.63, 3.8) is 0 Å². The quantitative estimate of drug-likeness (QED) is 0.740. The van der Waals surface area contributed by atoms with E-state index in [4.69, 9.17) is 4.74 Å². The Morgan fingerprint density at radius 2 is 2.22 bits per heavy atom. The van der Waals surface area contributed by atoms with Crippen LogP contribution in [0.25, 0.3) is 0 Å². The SMILES string of the molecule is O=C(NC1CCOC1)N[C@H](CO)c1ccccc1. The lowest BCUT2D eigenvalue weighted by Crippen LogP contribution is -2.44. The minimum Gasteiger partial charge on any atom is -0.394 e. The largest absolute Gasteiger partial charge is 0.394 e. The zero-order valence-electron chi connectivity index (χ0n) is 10.1. The first-order valence-corrected chi connectivity index (χ1v) is 6.10. The summed E-state index contributed by atoms with van der Waals surface area (Å²) in [5.41, 5.74) is 0.887. The summed E-state index contributed by atoms with van der Waals surface area (Å²) in [4.78, 5) is 11.8. The lowest BCUT2D eigenvalue weighted by molar-refractivity contribution is 0.186. The predicted molar refractivity (Wildman–Crippen MR) is 67.2 cm³/mol. The van der Waals surface area contributed by atoms with E-state index >= 15 is 0 Å². The molecule has 18 heavy (non-hydrogen) atoms. The molecule has 0 radical (unpaired) electrons. The molecule has 98 valence electrons. The average Bonchev–Trinajstić information content (AvgIpc) is 2.90. The van der Waals surface area contributed by atoms with Crippen molar-refractivity contribution >= 4 is 6.03 Å². The maximum Gasteiger partial charge on any atom is 0.315 e. The molecule has 1 heterocycles. The fraction of sp³-hybridized carbons (Fsp3) is 0.462. The van der Waals surface area contributed by atoms with Gasteiger partial charge in [-0.3, -0.25) is 0 Å². The number of nitrogens with one attached hydrogen (secondary N) is 2. The summed E-state index contributed by atoms with van der Waals surface area (Å²) < 4.78 is 5.18. The summed E-state index contributed by atoms with van der Waals surface area (Å²) >= 11 is 0. The highest BCUT2D eigenvalue weighted by molar-refractivity contribution is 5.74. The lowest BCUT2D eigenvalue weighted by Gasteiger charge is -2.19. The van der Waals surface area contributed by atoms with Gasteiger partial charge in [0.25, 0.3) is 0 Å². The van der Waals surface area contributed by atoms with Crippen LogP contribution in [0.15, 0.2) is 30.3 Å². The van der Waals surface area contributed by atoms with Crippen LogP contribution in [0.1, 0.15) is 18.0 Å². The molecule has 2 amide bonds. The topological polar surface area (TPSA) is 70.6 Å². The second kappa shape index (κ2) is 6.37. The molecule has 0 spiro atoms. The number of hydrogen-bond donors (Lipinski definition) is 3. The van der Waals surface area contributed by atoms with Gasteiger partial charge in [-0.1, -0.05) is 30.3 Å². The summed E-state index contributed by atoms with van der Waals surface area (Å²) in [6.45, 7) is 1.12. The molecular formula is C13H18N2O3. The molecule has 5 heteroatoms. The molecule has 0 aromatic heterocycles. The first kappa shape index (κ1) is 12.9. The third kappa shape index (κ3) is 3.45. The second-order valence-corrected chi connectivity index (χ2v) is 4.32. The van der Waals surface area contributed by atoms with Gasteiger partial charge >= 0.3 is 6.03 Å². The van der Waals surface area contributed by atoms with Crippen molar-refractivity contribution in [1.29, 1.82) is 0 Å². The van der Waals surface area contributed by atoms with E-state index in [9.17, 15) is 9.90 Å². The molecule has 1 fully saturated rings. The van der Waals surface area contributed by atoms with Gasteiger partial charge in [0, 0.05) is 6.61 Å². The monoisotopic (exact) mass is 250 g/mol. The van der Waals surface area contributed by atoms with Gasteiger partial charge in [-0.15, -0.1) is 0 Å². The number of benzene rings is 1. The van der Waals surface area contributed by atoms with Crippen molar-refractivity contribution in [2.75, 3.05) is 19.8 Å². The van der Waals surface area contributed by atoms with Crippen LogP contribution in [0.4, 0.5) is 4.79 Å². The smallest absolute Gasteiger partial charge is 0.315 e. The number of hydrogen-bond acceptors (Lipinski definition) is 3. The number of carbonyl (C=O) groups excluding carboxylic acids is 1. The van der Waals surface area contributed by atoms with E-state index in [2.05, 4.69) is 10.6 Å². The Morgan fingerprint density at radius 1 is 1.44 bits per heavy atom. The van der Waals surface area contributed by atoms with Crippen LogP contribution in [-0.4, -0.2) is 37.0 Å². The van der Waals surface area contributed by atoms with Crippen LogP contribution in [0.2, 0.25) is 0 Å². The average molecular weight is 250 g/mol. The number of aliphatic hydroxyl groups excluding tert-OH is 1. The lowest BCUT2D eigenvalue weighted by atomic mass is 10.1. The van der Waals surface area contributed by atoms with Gasteiger partial charge in [0.1, 0.15) is 0 Å². The molecule has 1 saturated heterocycles. The Balaban J connectivity index is 1.87. The van der Waals surface area contributed by atoms with Crippen molar-refractivity contribution in [1.82, 2.24) is 10.6 Å². The van der Waals surface area contributed by atoms with E-state index in [1.165, 1.54) is 0 Å². The summed E-state index contributed by atoms with van der Waals surface area (Å²) in [7, 11) is 0. The third-order valence-electron chi connectivity index (χ3n) is 2.95. The molecule has 2 atom stereocenters. The minimum absolute atomic E-state index is 0.0696. The van der Waals surface area contributed by atoms with Crippen LogP contribution >= 0.6 is 0 Å². The molecule has 1 unspecified atom stereocenters. The number of urea groups is 1. The molecule has 0 aliphatic carbocycles. The summed E-state index contributed by atoms with van der Waals surface area (Å²) in [6, 6.07) is 8.82. The number of ether oxygens (including phenoxy) is 1. The minimum atomic E-state index is -0.381. The molecule has 1 aromatic rings. The van der Waals surface area contributed by atoms with Crippen molar-refractivity contribution in [2.24, 2.45) is 0 Å². The first-order chi connectivity index (χ1) is 8.79. The van der Waals surface area contributed by atoms with Crippen molar-refractivity contribution < 1.29 is 14.6 Å². The molecule has 3 N–H and O–H groups in total. The fourth-order valence-electron chi connectivity index (χ4n) is 1.95. The van der Waals surface area contributed by atoms with Crippen LogP contribution in [0, 0.1) is 0 Å². The van der Waals surface area contributed by atoms with E-state index in [1.807, 2.05) is 30.3 Å². The van der Waals surface area contributed by atoms with E-state index in [1.54, 1.807) is 0 Å². The first-order valence-electron chi connectivity index (χ1n) is 6.10. The van der Waals surface area contributed by atoms with Crippen LogP contribution in [0.5, 0.6) is 0 Å².